The molecular weight excluding hydrogens is 356 g/mol. The molecule has 1 aromatic heterocycles. The second kappa shape index (κ2) is 7.67. The van der Waals surface area contributed by atoms with Crippen LogP contribution >= 0.6 is 0 Å². The second-order valence-corrected chi connectivity index (χ2v) is 8.14. The van der Waals surface area contributed by atoms with Gasteiger partial charge in [0.2, 0.25) is 0 Å². The van der Waals surface area contributed by atoms with Crippen LogP contribution in [0.1, 0.15) is 39.4 Å². The number of benzene rings is 2. The summed E-state index contributed by atoms with van der Waals surface area (Å²) < 4.78 is 0. The Morgan fingerprint density at radius 2 is 1.45 bits per heavy atom. The van der Waals surface area contributed by atoms with Crippen molar-refractivity contribution >= 4 is 18.1 Å². The molecule has 0 spiro atoms. The maximum Gasteiger partial charge on any atom is 0.253 e. The van der Waals surface area contributed by atoms with Crippen molar-refractivity contribution < 1.29 is 4.79 Å². The highest BCUT2D eigenvalue weighted by atomic mass is 16.2. The van der Waals surface area contributed by atoms with Crippen molar-refractivity contribution in [2.75, 3.05) is 13.1 Å². The molecule has 3 heteroatoms. The maximum atomic E-state index is 12.7. The molecule has 0 N–H and O–H groups in total. The van der Waals surface area contributed by atoms with Gasteiger partial charge in [0.25, 0.3) is 5.91 Å². The highest BCUT2D eigenvalue weighted by Gasteiger charge is 2.48. The molecular formula is C26H24N2O. The zero-order valence-corrected chi connectivity index (χ0v) is 16.3. The van der Waals surface area contributed by atoms with Crippen molar-refractivity contribution in [1.29, 1.82) is 0 Å². The van der Waals surface area contributed by atoms with Crippen molar-refractivity contribution in [3.8, 4) is 0 Å². The van der Waals surface area contributed by atoms with Crippen LogP contribution in [0.3, 0.4) is 0 Å². The lowest BCUT2D eigenvalue weighted by atomic mass is 9.59. The Morgan fingerprint density at radius 3 is 2.10 bits per heavy atom. The molecule has 6 rings (SSSR count). The Hall–Kier alpha value is -3.20. The molecule has 3 aromatic rings. The molecule has 2 unspecified atom stereocenters. The molecule has 29 heavy (non-hydrogen) atoms. The van der Waals surface area contributed by atoms with E-state index >= 15 is 0 Å². The van der Waals surface area contributed by atoms with Crippen LogP contribution in [0.15, 0.2) is 79.1 Å². The molecule has 2 atom stereocenters. The predicted molar refractivity (Wildman–Crippen MR) is 116 cm³/mol. The lowest BCUT2D eigenvalue weighted by Gasteiger charge is -2.54. The minimum atomic E-state index is 0.141. The summed E-state index contributed by atoms with van der Waals surface area (Å²) in [5.74, 6) is 1.88. The summed E-state index contributed by atoms with van der Waals surface area (Å²) in [6, 6.07) is 23.0. The average Bonchev–Trinajstić information content (AvgIpc) is 2.79. The zero-order valence-electron chi connectivity index (χ0n) is 16.3. The number of carbonyl (C=O) groups excluding carboxylic acids is 1. The summed E-state index contributed by atoms with van der Waals surface area (Å²) in [6.07, 6.45) is 8.93. The van der Waals surface area contributed by atoms with Crippen LogP contribution in [-0.2, 0) is 0 Å². The molecule has 2 saturated heterocycles. The lowest BCUT2D eigenvalue weighted by Crippen LogP contribution is -2.55. The van der Waals surface area contributed by atoms with Crippen LogP contribution in [0.25, 0.3) is 12.2 Å². The van der Waals surface area contributed by atoms with Crippen LogP contribution in [-0.4, -0.2) is 28.9 Å². The smallest absolute Gasteiger partial charge is 0.253 e. The first-order chi connectivity index (χ1) is 14.3. The first-order valence-electron chi connectivity index (χ1n) is 10.3. The molecule has 2 aliphatic heterocycles. The zero-order chi connectivity index (χ0) is 19.6. The quantitative estimate of drug-likeness (QED) is 0.588. The number of fused-ring (bicyclic) bond motifs is 2. The third kappa shape index (κ3) is 3.61. The molecule has 0 radical (unpaired) electrons. The fourth-order valence-electron chi connectivity index (χ4n) is 4.86. The van der Waals surface area contributed by atoms with Crippen molar-refractivity contribution in [2.45, 2.75) is 12.3 Å². The van der Waals surface area contributed by atoms with Gasteiger partial charge in [0, 0.05) is 31.0 Å². The number of hydrogen-bond acceptors (Lipinski definition) is 2. The first kappa shape index (κ1) is 17.9. The Labute approximate surface area is 171 Å². The van der Waals surface area contributed by atoms with E-state index in [9.17, 15) is 4.79 Å². The fourth-order valence-corrected chi connectivity index (χ4v) is 4.86. The third-order valence-corrected chi connectivity index (χ3v) is 6.33. The number of piperidine rings is 2. The van der Waals surface area contributed by atoms with E-state index < -0.39 is 0 Å². The summed E-state index contributed by atoms with van der Waals surface area (Å²) in [6.45, 7) is 1.72. The summed E-state index contributed by atoms with van der Waals surface area (Å²) in [7, 11) is 0. The molecule has 2 aromatic carbocycles. The molecule has 3 fully saturated rings. The van der Waals surface area contributed by atoms with E-state index in [1.165, 1.54) is 23.1 Å². The van der Waals surface area contributed by atoms with Gasteiger partial charge < -0.3 is 4.90 Å². The van der Waals surface area contributed by atoms with E-state index in [-0.39, 0.29) is 5.91 Å². The van der Waals surface area contributed by atoms with Gasteiger partial charge in [0.05, 0.1) is 0 Å². The van der Waals surface area contributed by atoms with Crippen molar-refractivity contribution in [3.63, 3.8) is 0 Å². The van der Waals surface area contributed by atoms with Gasteiger partial charge in [-0.15, -0.1) is 0 Å². The Bertz CT molecular complexity index is 1000. The van der Waals surface area contributed by atoms with E-state index in [4.69, 9.17) is 0 Å². The minimum absolute atomic E-state index is 0.141. The number of carbonyl (C=O) groups is 1. The first-order valence-corrected chi connectivity index (χ1v) is 10.3. The molecule has 1 saturated carbocycles. The van der Waals surface area contributed by atoms with Gasteiger partial charge in [-0.3, -0.25) is 9.78 Å². The topological polar surface area (TPSA) is 33.2 Å². The standard InChI is InChI=1S/C26H24N2O/c29-26(22-12-14-27-15-13-22)28-17-23-16-24(18-28)25(23)21-10-8-20(9-11-21)7-6-19-4-2-1-3-5-19/h1-15,23-25H,16-18H2/b7-6+. The highest BCUT2D eigenvalue weighted by Crippen LogP contribution is 2.51. The highest BCUT2D eigenvalue weighted by molar-refractivity contribution is 5.94. The number of rotatable bonds is 4. The molecule has 144 valence electrons. The van der Waals surface area contributed by atoms with Crippen LogP contribution in [0, 0.1) is 11.8 Å². The Morgan fingerprint density at radius 1 is 0.828 bits per heavy atom. The van der Waals surface area contributed by atoms with Crippen LogP contribution in [0.5, 0.6) is 0 Å². The van der Waals surface area contributed by atoms with Crippen LogP contribution in [0.2, 0.25) is 0 Å². The summed E-state index contributed by atoms with van der Waals surface area (Å²) in [5.41, 5.74) is 4.59. The number of nitrogens with zero attached hydrogens (tertiary/aromatic N) is 2. The lowest BCUT2D eigenvalue weighted by molar-refractivity contribution is 0.00315. The van der Waals surface area contributed by atoms with E-state index in [2.05, 4.69) is 65.7 Å². The maximum absolute atomic E-state index is 12.7. The SMILES string of the molecule is O=C(c1ccncc1)N1CC2CC(C1)C2c1ccc(/C=C/c2ccccc2)cc1. The van der Waals surface area contributed by atoms with Crippen LogP contribution < -0.4 is 0 Å². The normalized spacial score (nSPS) is 23.0. The average molecular weight is 380 g/mol. The monoisotopic (exact) mass is 380 g/mol. The van der Waals surface area contributed by atoms with Crippen molar-refractivity contribution in [3.05, 3.63) is 101 Å². The van der Waals surface area contributed by atoms with E-state index in [1.807, 2.05) is 23.1 Å². The van der Waals surface area contributed by atoms with E-state index in [1.54, 1.807) is 12.4 Å². The molecule has 1 amide bonds. The Kier molecular flexibility index (Phi) is 4.73. The molecule has 3 nitrogen and oxygen atoms in total. The Balaban J connectivity index is 1.24. The predicted octanol–water partition coefficient (Wildman–Crippen LogP) is 5.13. The van der Waals surface area contributed by atoms with Gasteiger partial charge >= 0.3 is 0 Å². The van der Waals surface area contributed by atoms with Gasteiger partial charge in [-0.05, 0) is 53.0 Å². The van der Waals surface area contributed by atoms with Gasteiger partial charge in [0.1, 0.15) is 0 Å². The van der Waals surface area contributed by atoms with E-state index in [0.717, 1.165) is 18.7 Å². The molecule has 3 heterocycles. The fraction of sp³-hybridized carbons (Fsp3) is 0.231. The van der Waals surface area contributed by atoms with E-state index in [0.29, 0.717) is 17.8 Å². The number of aromatic nitrogens is 1. The van der Waals surface area contributed by atoms with Crippen molar-refractivity contribution in [2.24, 2.45) is 11.8 Å². The molecule has 2 bridgehead atoms. The van der Waals surface area contributed by atoms with Crippen molar-refractivity contribution in [1.82, 2.24) is 9.88 Å². The second-order valence-electron chi connectivity index (χ2n) is 8.14. The summed E-state index contributed by atoms with van der Waals surface area (Å²) in [4.78, 5) is 18.8. The van der Waals surface area contributed by atoms with Gasteiger partial charge in [-0.25, -0.2) is 0 Å². The number of pyridine rings is 1. The largest absolute Gasteiger partial charge is 0.338 e. The van der Waals surface area contributed by atoms with Gasteiger partial charge in [-0.1, -0.05) is 66.7 Å². The molecule has 1 aliphatic carbocycles. The van der Waals surface area contributed by atoms with Gasteiger partial charge in [-0.2, -0.15) is 0 Å². The van der Waals surface area contributed by atoms with Gasteiger partial charge in [0.15, 0.2) is 0 Å². The minimum Gasteiger partial charge on any atom is -0.338 e. The summed E-state index contributed by atoms with van der Waals surface area (Å²) >= 11 is 0. The molecule has 3 aliphatic rings. The number of hydrogen-bond donors (Lipinski definition) is 0. The summed E-state index contributed by atoms with van der Waals surface area (Å²) in [5, 5.41) is 0. The third-order valence-electron chi connectivity index (χ3n) is 6.33. The number of amides is 1. The van der Waals surface area contributed by atoms with Crippen LogP contribution in [0.4, 0.5) is 0 Å².